The minimum absolute atomic E-state index is 0.0625. The first-order valence-corrected chi connectivity index (χ1v) is 8.23. The molecule has 0 N–H and O–H groups in total. The fourth-order valence-corrected chi connectivity index (χ4v) is 3.11. The maximum atomic E-state index is 13.7. The molecule has 0 radical (unpaired) electrons. The molecule has 0 bridgehead atoms. The molecule has 0 fully saturated rings. The number of halogens is 2. The smallest absolute Gasteiger partial charge is 0.264 e. The number of nitrogens with zero attached hydrogens (tertiary/aromatic N) is 5. The first-order valence-electron chi connectivity index (χ1n) is 8.23. The first-order chi connectivity index (χ1) is 12.5. The molecule has 7 heteroatoms. The number of pyridine rings is 1. The van der Waals surface area contributed by atoms with Crippen LogP contribution in [0, 0.1) is 6.92 Å². The number of aryl methyl sites for hydroxylation is 2. The predicted octanol–water partition coefficient (Wildman–Crippen LogP) is 4.13. The number of fused-ring (bicyclic) bond motifs is 1. The summed E-state index contributed by atoms with van der Waals surface area (Å²) in [7, 11) is 1.78. The maximum Gasteiger partial charge on any atom is 0.264 e. The van der Waals surface area contributed by atoms with E-state index in [9.17, 15) is 8.78 Å². The molecule has 0 atom stereocenters. The molecule has 0 saturated carbocycles. The summed E-state index contributed by atoms with van der Waals surface area (Å²) in [6.07, 6.45) is -0.855. The molecule has 3 aromatic heterocycles. The molecule has 0 aliphatic heterocycles. The van der Waals surface area contributed by atoms with Gasteiger partial charge in [0, 0.05) is 18.8 Å². The van der Waals surface area contributed by atoms with Gasteiger partial charge in [0.05, 0.1) is 23.3 Å². The van der Waals surface area contributed by atoms with Crippen molar-refractivity contribution >= 4 is 11.0 Å². The number of aromatic nitrogens is 5. The Balaban J connectivity index is 1.92. The lowest BCUT2D eigenvalue weighted by molar-refractivity contribution is 0.153. The highest BCUT2D eigenvalue weighted by molar-refractivity contribution is 5.85. The number of hydrogen-bond donors (Lipinski definition) is 0. The van der Waals surface area contributed by atoms with E-state index in [1.807, 2.05) is 30.3 Å². The van der Waals surface area contributed by atoms with Gasteiger partial charge in [-0.1, -0.05) is 30.3 Å². The van der Waals surface area contributed by atoms with E-state index < -0.39 is 6.43 Å². The minimum atomic E-state index is -2.61. The Labute approximate surface area is 148 Å². The van der Waals surface area contributed by atoms with Crippen molar-refractivity contribution in [2.75, 3.05) is 0 Å². The van der Waals surface area contributed by atoms with Crippen LogP contribution in [0.15, 0.2) is 48.7 Å². The van der Waals surface area contributed by atoms with Gasteiger partial charge < -0.3 is 0 Å². The van der Waals surface area contributed by atoms with Gasteiger partial charge in [-0.3, -0.25) is 4.68 Å². The number of rotatable bonds is 4. The topological polar surface area (TPSA) is 48.5 Å². The standard InChI is InChI=1S/C19H17F2N5/c1-12-17-14(18(20)21)10-16(15-8-9-25(2)24-15)22-19(17)26(23-12)11-13-6-4-3-5-7-13/h3-10,18H,11H2,1-2H3. The van der Waals surface area contributed by atoms with Crippen molar-refractivity contribution in [1.82, 2.24) is 24.5 Å². The Morgan fingerprint density at radius 1 is 1.04 bits per heavy atom. The molecule has 4 aromatic rings. The highest BCUT2D eigenvalue weighted by atomic mass is 19.3. The van der Waals surface area contributed by atoms with Gasteiger partial charge in [0.15, 0.2) is 5.65 Å². The molecule has 1 aromatic carbocycles. The summed E-state index contributed by atoms with van der Waals surface area (Å²) in [4.78, 5) is 4.61. The zero-order chi connectivity index (χ0) is 18.3. The lowest BCUT2D eigenvalue weighted by Gasteiger charge is -2.07. The Morgan fingerprint density at radius 2 is 1.81 bits per heavy atom. The number of hydrogen-bond acceptors (Lipinski definition) is 3. The van der Waals surface area contributed by atoms with Gasteiger partial charge in [0.2, 0.25) is 0 Å². The summed E-state index contributed by atoms with van der Waals surface area (Å²) in [6, 6.07) is 12.9. The van der Waals surface area contributed by atoms with Crippen LogP contribution in [-0.4, -0.2) is 24.5 Å². The van der Waals surface area contributed by atoms with Crippen molar-refractivity contribution in [2.45, 2.75) is 19.9 Å². The molecule has 3 heterocycles. The fraction of sp³-hybridized carbons (Fsp3) is 0.211. The van der Waals surface area contributed by atoms with Gasteiger partial charge in [-0.2, -0.15) is 10.2 Å². The van der Waals surface area contributed by atoms with Crippen molar-refractivity contribution in [1.29, 1.82) is 0 Å². The molecule has 26 heavy (non-hydrogen) atoms. The van der Waals surface area contributed by atoms with Crippen LogP contribution in [0.3, 0.4) is 0 Å². The molecule has 0 saturated heterocycles. The highest BCUT2D eigenvalue weighted by Crippen LogP contribution is 2.32. The van der Waals surface area contributed by atoms with Crippen LogP contribution in [-0.2, 0) is 13.6 Å². The molecular weight excluding hydrogens is 336 g/mol. The summed E-state index contributed by atoms with van der Waals surface area (Å²) in [5, 5.41) is 9.16. The highest BCUT2D eigenvalue weighted by Gasteiger charge is 2.21. The predicted molar refractivity (Wildman–Crippen MR) is 95.0 cm³/mol. The van der Waals surface area contributed by atoms with E-state index >= 15 is 0 Å². The van der Waals surface area contributed by atoms with Crippen molar-refractivity contribution in [2.24, 2.45) is 7.05 Å². The lowest BCUT2D eigenvalue weighted by atomic mass is 10.1. The van der Waals surface area contributed by atoms with Gasteiger partial charge in [-0.15, -0.1) is 0 Å². The second kappa shape index (κ2) is 6.33. The number of alkyl halides is 2. The third kappa shape index (κ3) is 2.85. The molecule has 0 spiro atoms. The molecule has 0 aliphatic rings. The van der Waals surface area contributed by atoms with Crippen molar-refractivity contribution in [3.8, 4) is 11.4 Å². The van der Waals surface area contributed by atoms with Gasteiger partial charge in [0.1, 0.15) is 5.69 Å². The third-order valence-electron chi connectivity index (χ3n) is 4.29. The average molecular weight is 353 g/mol. The van der Waals surface area contributed by atoms with Crippen molar-refractivity contribution in [3.63, 3.8) is 0 Å². The van der Waals surface area contributed by atoms with Crippen molar-refractivity contribution < 1.29 is 8.78 Å². The summed E-state index contributed by atoms with van der Waals surface area (Å²) in [5.41, 5.74) is 2.94. The quantitative estimate of drug-likeness (QED) is 0.554. The molecule has 0 amide bonds. The van der Waals surface area contributed by atoms with Crippen LogP contribution in [0.1, 0.15) is 23.2 Å². The largest absolute Gasteiger partial charge is 0.275 e. The van der Waals surface area contributed by atoms with E-state index in [1.165, 1.54) is 6.07 Å². The lowest BCUT2D eigenvalue weighted by Crippen LogP contribution is -2.04. The Bertz CT molecular complexity index is 1070. The summed E-state index contributed by atoms with van der Waals surface area (Å²) in [6.45, 7) is 2.20. The van der Waals surface area contributed by atoms with Gasteiger partial charge in [-0.25, -0.2) is 18.4 Å². The van der Waals surface area contributed by atoms with E-state index in [0.717, 1.165) is 5.56 Å². The van der Waals surface area contributed by atoms with Gasteiger partial charge in [0.25, 0.3) is 6.43 Å². The zero-order valence-corrected chi connectivity index (χ0v) is 14.4. The second-order valence-electron chi connectivity index (χ2n) is 6.20. The molecule has 0 aliphatic carbocycles. The van der Waals surface area contributed by atoms with E-state index in [4.69, 9.17) is 0 Å². The van der Waals surface area contributed by atoms with Gasteiger partial charge in [-0.05, 0) is 24.6 Å². The van der Waals surface area contributed by atoms with Crippen LogP contribution in [0.2, 0.25) is 0 Å². The van der Waals surface area contributed by atoms with E-state index in [1.54, 1.807) is 35.6 Å². The molecule has 4 rings (SSSR count). The Morgan fingerprint density at radius 3 is 2.46 bits per heavy atom. The SMILES string of the molecule is Cc1nn(Cc2ccccc2)c2nc(-c3ccn(C)n3)cc(C(F)F)c12. The van der Waals surface area contributed by atoms with Crippen LogP contribution in [0.4, 0.5) is 8.78 Å². The number of benzene rings is 1. The summed E-state index contributed by atoms with van der Waals surface area (Å²) in [5.74, 6) is 0. The van der Waals surface area contributed by atoms with Crippen molar-refractivity contribution in [3.05, 3.63) is 65.5 Å². The van der Waals surface area contributed by atoms with E-state index in [-0.39, 0.29) is 5.56 Å². The van der Waals surface area contributed by atoms with Crippen LogP contribution in [0.5, 0.6) is 0 Å². The second-order valence-corrected chi connectivity index (χ2v) is 6.20. The maximum absolute atomic E-state index is 13.7. The summed E-state index contributed by atoms with van der Waals surface area (Å²) >= 11 is 0. The van der Waals surface area contributed by atoms with E-state index in [2.05, 4.69) is 15.2 Å². The fourth-order valence-electron chi connectivity index (χ4n) is 3.11. The summed E-state index contributed by atoms with van der Waals surface area (Å²) < 4.78 is 30.7. The minimum Gasteiger partial charge on any atom is -0.275 e. The Kier molecular flexibility index (Phi) is 3.99. The van der Waals surface area contributed by atoms with Gasteiger partial charge >= 0.3 is 0 Å². The van der Waals surface area contributed by atoms with Crippen LogP contribution in [0.25, 0.3) is 22.4 Å². The molecule has 132 valence electrons. The third-order valence-corrected chi connectivity index (χ3v) is 4.29. The molecule has 0 unspecified atom stereocenters. The first kappa shape index (κ1) is 16.4. The van der Waals surface area contributed by atoms with Crippen LogP contribution < -0.4 is 0 Å². The van der Waals surface area contributed by atoms with Crippen LogP contribution >= 0.6 is 0 Å². The molecule has 5 nitrogen and oxygen atoms in total. The average Bonchev–Trinajstić information content (AvgIpc) is 3.19. The normalized spacial score (nSPS) is 11.6. The Hall–Kier alpha value is -3.09. The zero-order valence-electron chi connectivity index (χ0n) is 14.4. The molecular formula is C19H17F2N5. The van der Waals surface area contributed by atoms with E-state index in [0.29, 0.717) is 34.7 Å². The monoisotopic (exact) mass is 353 g/mol.